The van der Waals surface area contributed by atoms with Gasteiger partial charge in [0.05, 0.1) is 5.56 Å². The Kier molecular flexibility index (Phi) is 5.11. The Bertz CT molecular complexity index is 772. The third kappa shape index (κ3) is 3.95. The lowest BCUT2D eigenvalue weighted by Gasteiger charge is -2.37. The Morgan fingerprint density at radius 2 is 1.80 bits per heavy atom. The third-order valence-electron chi connectivity index (χ3n) is 4.28. The predicted octanol–water partition coefficient (Wildman–Crippen LogP) is 4.80. The second kappa shape index (κ2) is 6.78. The molecule has 0 N–H and O–H groups in total. The fourth-order valence-corrected chi connectivity index (χ4v) is 2.67. The van der Waals surface area contributed by atoms with E-state index in [9.17, 15) is 13.2 Å². The predicted molar refractivity (Wildman–Crippen MR) is 94.8 cm³/mol. The summed E-state index contributed by atoms with van der Waals surface area (Å²) in [6.07, 6.45) is -4.01. The molecule has 1 aromatic carbocycles. The van der Waals surface area contributed by atoms with E-state index >= 15 is 0 Å². The molecule has 1 aliphatic heterocycles. The van der Waals surface area contributed by atoms with E-state index in [1.165, 1.54) is 6.07 Å². The van der Waals surface area contributed by atoms with Crippen LogP contribution in [-0.2, 0) is 12.6 Å². The molecule has 0 radical (unpaired) electrons. The van der Waals surface area contributed by atoms with E-state index in [-0.39, 0.29) is 0 Å². The number of alkyl halides is 3. The molecule has 1 aliphatic rings. The second-order valence-corrected chi connectivity index (χ2v) is 6.15. The third-order valence-corrected chi connectivity index (χ3v) is 4.28. The van der Waals surface area contributed by atoms with Gasteiger partial charge >= 0.3 is 6.18 Å². The van der Waals surface area contributed by atoms with Crippen molar-refractivity contribution in [3.8, 4) is 0 Å². The zero-order valence-electron chi connectivity index (χ0n) is 14.9. The van der Waals surface area contributed by atoms with E-state index in [4.69, 9.17) is 0 Å². The van der Waals surface area contributed by atoms with Crippen LogP contribution in [0.3, 0.4) is 0 Å². The Morgan fingerprint density at radius 1 is 1.16 bits per heavy atom. The highest BCUT2D eigenvalue weighted by molar-refractivity contribution is 5.85. The molecular weight excluding hydrogens is 327 g/mol. The fraction of sp³-hybridized carbons (Fsp3) is 0.316. The molecule has 0 amide bonds. The summed E-state index contributed by atoms with van der Waals surface area (Å²) in [6, 6.07) is 5.32. The second-order valence-electron chi connectivity index (χ2n) is 6.15. The number of rotatable bonds is 3. The number of allylic oxidation sites excluding steroid dienone is 1. The van der Waals surface area contributed by atoms with Gasteiger partial charge in [0.1, 0.15) is 11.6 Å². The van der Waals surface area contributed by atoms with E-state index < -0.39 is 11.7 Å². The molecular formula is C19H22F3N3. The van der Waals surface area contributed by atoms with E-state index in [0.29, 0.717) is 23.5 Å². The van der Waals surface area contributed by atoms with Crippen molar-refractivity contribution in [3.05, 3.63) is 71.5 Å². The molecule has 0 aliphatic carbocycles. The van der Waals surface area contributed by atoms with Crippen molar-refractivity contribution in [2.75, 3.05) is 14.1 Å². The maximum Gasteiger partial charge on any atom is 0.416 e. The van der Waals surface area contributed by atoms with Crippen LogP contribution in [0.2, 0.25) is 0 Å². The number of nitrogens with zero attached hydrogens (tertiary/aromatic N) is 3. The van der Waals surface area contributed by atoms with Crippen LogP contribution < -0.4 is 0 Å². The molecule has 0 fully saturated rings. The van der Waals surface area contributed by atoms with Gasteiger partial charge in [0.2, 0.25) is 0 Å². The first-order valence-electron chi connectivity index (χ1n) is 7.79. The highest BCUT2D eigenvalue weighted by Crippen LogP contribution is 2.31. The highest BCUT2D eigenvalue weighted by atomic mass is 19.4. The highest BCUT2D eigenvalue weighted by Gasteiger charge is 2.30. The van der Waals surface area contributed by atoms with Gasteiger partial charge in [-0.1, -0.05) is 31.4 Å². The zero-order valence-corrected chi connectivity index (χ0v) is 14.9. The average Bonchev–Trinajstić information content (AvgIpc) is 2.54. The monoisotopic (exact) mass is 349 g/mol. The topological polar surface area (TPSA) is 18.8 Å². The molecule has 1 heterocycles. The average molecular weight is 349 g/mol. The van der Waals surface area contributed by atoms with Crippen LogP contribution in [0.5, 0.6) is 0 Å². The van der Waals surface area contributed by atoms with Crippen molar-refractivity contribution in [3.63, 3.8) is 0 Å². The lowest BCUT2D eigenvalue weighted by molar-refractivity contribution is -0.137. The summed E-state index contributed by atoms with van der Waals surface area (Å²) < 4.78 is 38.5. The van der Waals surface area contributed by atoms with E-state index in [1.54, 1.807) is 13.0 Å². The molecule has 0 atom stereocenters. The maximum atomic E-state index is 12.8. The number of aliphatic imine (C=N–C) groups is 1. The van der Waals surface area contributed by atoms with Crippen molar-refractivity contribution in [1.29, 1.82) is 0 Å². The van der Waals surface area contributed by atoms with Gasteiger partial charge in [-0.05, 0) is 25.5 Å². The normalized spacial score (nSPS) is 16.8. The minimum atomic E-state index is -4.34. The quantitative estimate of drug-likeness (QED) is 0.730. The van der Waals surface area contributed by atoms with Gasteiger partial charge in [0.25, 0.3) is 0 Å². The summed E-state index contributed by atoms with van der Waals surface area (Å²) in [7, 11) is 3.73. The molecule has 134 valence electrons. The first kappa shape index (κ1) is 18.8. The van der Waals surface area contributed by atoms with Gasteiger partial charge in [-0.15, -0.1) is 0 Å². The Balaban J connectivity index is 2.30. The van der Waals surface area contributed by atoms with Crippen LogP contribution in [0.25, 0.3) is 0 Å². The summed E-state index contributed by atoms with van der Waals surface area (Å²) in [4.78, 5) is 8.33. The maximum absolute atomic E-state index is 12.8. The number of halogens is 3. The minimum absolute atomic E-state index is 0.337. The summed E-state index contributed by atoms with van der Waals surface area (Å²) in [5.41, 5.74) is 2.34. The van der Waals surface area contributed by atoms with Crippen molar-refractivity contribution in [2.24, 2.45) is 4.99 Å². The van der Waals surface area contributed by atoms with Crippen LogP contribution >= 0.6 is 0 Å². The van der Waals surface area contributed by atoms with E-state index in [2.05, 4.69) is 18.2 Å². The minimum Gasteiger partial charge on any atom is -0.332 e. The van der Waals surface area contributed by atoms with Crippen LogP contribution in [0.1, 0.15) is 25.0 Å². The number of likely N-dealkylation sites (N-methyl/N-ethyl adjacent to an activating group) is 1. The molecule has 25 heavy (non-hydrogen) atoms. The molecule has 1 aromatic rings. The van der Waals surface area contributed by atoms with Gasteiger partial charge in [-0.2, -0.15) is 13.2 Å². The Morgan fingerprint density at radius 3 is 2.40 bits per heavy atom. The van der Waals surface area contributed by atoms with Crippen molar-refractivity contribution >= 4 is 5.71 Å². The van der Waals surface area contributed by atoms with Crippen molar-refractivity contribution < 1.29 is 13.2 Å². The van der Waals surface area contributed by atoms with Crippen LogP contribution in [0.4, 0.5) is 13.2 Å². The zero-order chi connectivity index (χ0) is 18.9. The summed E-state index contributed by atoms with van der Waals surface area (Å²) in [5, 5.41) is 0. The van der Waals surface area contributed by atoms with Gasteiger partial charge in [0, 0.05) is 37.5 Å². The molecule has 2 rings (SSSR count). The van der Waals surface area contributed by atoms with Crippen molar-refractivity contribution in [1.82, 2.24) is 9.80 Å². The first-order chi connectivity index (χ1) is 11.5. The molecule has 0 saturated carbocycles. The number of hydrogen-bond acceptors (Lipinski definition) is 3. The Hall–Kier alpha value is -2.50. The standard InChI is InChI=1S/C19H22F3N3/c1-12(10-16-8-7-9-17(11-16)19(20,21)22)23-18-13(2)14(3)24(5)15(4)25(18)6/h7-9,11H,3-4,10H2,1-2,5-6H3/b23-12+. The molecule has 0 saturated heterocycles. The number of hydrogen-bond donors (Lipinski definition) is 0. The van der Waals surface area contributed by atoms with Crippen molar-refractivity contribution in [2.45, 2.75) is 26.4 Å². The lowest BCUT2D eigenvalue weighted by atomic mass is 10.1. The summed E-state index contributed by atoms with van der Waals surface area (Å²) in [6.45, 7) is 11.7. The lowest BCUT2D eigenvalue weighted by Crippen LogP contribution is -2.34. The van der Waals surface area contributed by atoms with Gasteiger partial charge < -0.3 is 9.80 Å². The smallest absolute Gasteiger partial charge is 0.332 e. The molecule has 0 bridgehead atoms. The Labute approximate surface area is 146 Å². The van der Waals surface area contributed by atoms with E-state index in [1.807, 2.05) is 30.8 Å². The van der Waals surface area contributed by atoms with Gasteiger partial charge in [-0.25, -0.2) is 4.99 Å². The van der Waals surface area contributed by atoms with E-state index in [0.717, 1.165) is 29.2 Å². The summed E-state index contributed by atoms with van der Waals surface area (Å²) >= 11 is 0. The fourth-order valence-electron chi connectivity index (χ4n) is 2.67. The molecule has 3 nitrogen and oxygen atoms in total. The van der Waals surface area contributed by atoms with Gasteiger partial charge in [0.15, 0.2) is 0 Å². The molecule has 6 heteroatoms. The van der Waals surface area contributed by atoms with Crippen LogP contribution in [0, 0.1) is 0 Å². The number of benzene rings is 1. The largest absolute Gasteiger partial charge is 0.416 e. The van der Waals surface area contributed by atoms with Crippen LogP contribution in [0.15, 0.2) is 65.3 Å². The molecule has 0 unspecified atom stereocenters. The van der Waals surface area contributed by atoms with Crippen LogP contribution in [-0.4, -0.2) is 29.6 Å². The molecule has 0 spiro atoms. The summed E-state index contributed by atoms with van der Waals surface area (Å²) in [5.74, 6) is 1.44. The molecule has 0 aromatic heterocycles. The van der Waals surface area contributed by atoms with Gasteiger partial charge in [-0.3, -0.25) is 0 Å². The first-order valence-corrected chi connectivity index (χ1v) is 7.79. The SMILES string of the molecule is C=C1C(C)=C(/N=C(\C)Cc2cccc(C(F)(F)F)c2)N(C)C(=C)N1C.